The van der Waals surface area contributed by atoms with Crippen LogP contribution < -0.4 is 5.73 Å². The van der Waals surface area contributed by atoms with Gasteiger partial charge in [0.05, 0.1) is 0 Å². The van der Waals surface area contributed by atoms with E-state index in [1.807, 2.05) is 24.3 Å². The number of aliphatic hydroxyl groups is 1. The molecule has 1 aromatic carbocycles. The predicted molar refractivity (Wildman–Crippen MR) is 47.5 cm³/mol. The normalized spacial score (nSPS) is 8.36. The lowest BCUT2D eigenvalue weighted by Gasteiger charge is -1.93. The number of hydrogen-bond acceptors (Lipinski definition) is 2. The van der Waals surface area contributed by atoms with E-state index in [0.29, 0.717) is 6.54 Å². The Morgan fingerprint density at radius 2 is 1.73 bits per heavy atom. The maximum atomic E-state index is 7.00. The average molecular weight is 174 g/mol. The van der Waals surface area contributed by atoms with Crippen LogP contribution in [0.5, 0.6) is 0 Å². The molecule has 0 aliphatic heterocycles. The first-order valence-electron chi connectivity index (χ1n) is 3.22. The maximum Gasteiger partial charge on any atom is 0.0406 e. The van der Waals surface area contributed by atoms with E-state index in [1.165, 1.54) is 0 Å². The second-order valence-electron chi connectivity index (χ2n) is 1.83. The molecule has 11 heavy (non-hydrogen) atoms. The molecule has 0 amide bonds. The number of benzene rings is 1. The van der Waals surface area contributed by atoms with Gasteiger partial charge in [-0.1, -0.05) is 23.7 Å². The van der Waals surface area contributed by atoms with Crippen LogP contribution in [0, 0.1) is 0 Å². The minimum atomic E-state index is 0.581. The van der Waals surface area contributed by atoms with Crippen LogP contribution in [0.4, 0.5) is 0 Å². The minimum Gasteiger partial charge on any atom is -0.400 e. The molecule has 0 atom stereocenters. The van der Waals surface area contributed by atoms with E-state index < -0.39 is 0 Å². The molecular weight excluding hydrogens is 162 g/mol. The van der Waals surface area contributed by atoms with Gasteiger partial charge < -0.3 is 10.8 Å². The van der Waals surface area contributed by atoms with E-state index in [2.05, 4.69) is 0 Å². The van der Waals surface area contributed by atoms with E-state index in [9.17, 15) is 0 Å². The zero-order valence-corrected chi connectivity index (χ0v) is 7.17. The Hall–Kier alpha value is -0.570. The van der Waals surface area contributed by atoms with Crippen molar-refractivity contribution < 1.29 is 5.11 Å². The van der Waals surface area contributed by atoms with Gasteiger partial charge in [0.2, 0.25) is 0 Å². The van der Waals surface area contributed by atoms with E-state index in [0.717, 1.165) is 17.7 Å². The maximum absolute atomic E-state index is 7.00. The first-order valence-corrected chi connectivity index (χ1v) is 3.60. The molecule has 0 saturated heterocycles. The Labute approximate surface area is 71.6 Å². The van der Waals surface area contributed by atoms with Gasteiger partial charge in [0.1, 0.15) is 0 Å². The van der Waals surface area contributed by atoms with E-state index in [-0.39, 0.29) is 0 Å². The van der Waals surface area contributed by atoms with E-state index >= 15 is 0 Å². The van der Waals surface area contributed by atoms with Gasteiger partial charge in [-0.25, -0.2) is 0 Å². The highest BCUT2D eigenvalue weighted by Gasteiger charge is 1.86. The number of aliphatic hydroxyl groups excluding tert-OH is 1. The largest absolute Gasteiger partial charge is 0.400 e. The first kappa shape index (κ1) is 10.4. The molecule has 0 heterocycles. The van der Waals surface area contributed by atoms with Crippen molar-refractivity contribution in [2.24, 2.45) is 5.73 Å². The fourth-order valence-electron chi connectivity index (χ4n) is 0.620. The van der Waals surface area contributed by atoms with Gasteiger partial charge in [-0.2, -0.15) is 0 Å². The Morgan fingerprint density at radius 3 is 2.09 bits per heavy atom. The van der Waals surface area contributed by atoms with Crippen molar-refractivity contribution in [2.75, 3.05) is 7.11 Å². The van der Waals surface area contributed by atoms with Gasteiger partial charge in [-0.3, -0.25) is 0 Å². The number of halogens is 1. The number of hydrogen-bond donors (Lipinski definition) is 2. The van der Waals surface area contributed by atoms with E-state index in [4.69, 9.17) is 22.4 Å². The summed E-state index contributed by atoms with van der Waals surface area (Å²) in [5.41, 5.74) is 6.47. The highest BCUT2D eigenvalue weighted by atomic mass is 35.5. The van der Waals surface area contributed by atoms with Crippen molar-refractivity contribution >= 4 is 11.6 Å². The van der Waals surface area contributed by atoms with Crippen molar-refractivity contribution in [1.82, 2.24) is 0 Å². The van der Waals surface area contributed by atoms with Crippen LogP contribution in [0.15, 0.2) is 24.3 Å². The smallest absolute Gasteiger partial charge is 0.0406 e. The van der Waals surface area contributed by atoms with Crippen molar-refractivity contribution in [3.8, 4) is 0 Å². The summed E-state index contributed by atoms with van der Waals surface area (Å²) in [6.45, 7) is 0.581. The molecule has 0 spiro atoms. The van der Waals surface area contributed by atoms with E-state index in [1.54, 1.807) is 0 Å². The van der Waals surface area contributed by atoms with Gasteiger partial charge in [0, 0.05) is 18.7 Å². The summed E-state index contributed by atoms with van der Waals surface area (Å²) in [5, 5.41) is 7.76. The molecule has 62 valence electrons. The summed E-state index contributed by atoms with van der Waals surface area (Å²) in [6, 6.07) is 7.51. The lowest BCUT2D eigenvalue weighted by Crippen LogP contribution is -1.94. The molecule has 0 unspecified atom stereocenters. The molecule has 0 radical (unpaired) electrons. The van der Waals surface area contributed by atoms with Gasteiger partial charge in [0.25, 0.3) is 0 Å². The Balaban J connectivity index is 0.000000461. The second-order valence-corrected chi connectivity index (χ2v) is 2.27. The van der Waals surface area contributed by atoms with Crippen molar-refractivity contribution in [3.05, 3.63) is 34.9 Å². The average Bonchev–Trinajstić information content (AvgIpc) is 2.10. The molecule has 0 aromatic heterocycles. The monoisotopic (exact) mass is 173 g/mol. The summed E-state index contributed by atoms with van der Waals surface area (Å²) >= 11 is 5.63. The summed E-state index contributed by atoms with van der Waals surface area (Å²) in [4.78, 5) is 0. The van der Waals surface area contributed by atoms with Crippen LogP contribution in [0.2, 0.25) is 5.02 Å². The molecule has 0 saturated carbocycles. The zero-order chi connectivity index (χ0) is 8.69. The molecule has 1 rings (SSSR count). The minimum absolute atomic E-state index is 0.581. The van der Waals surface area contributed by atoms with Gasteiger partial charge >= 0.3 is 0 Å². The third-order valence-corrected chi connectivity index (χ3v) is 1.40. The van der Waals surface area contributed by atoms with Crippen LogP contribution >= 0.6 is 11.6 Å². The molecule has 3 heteroatoms. The van der Waals surface area contributed by atoms with Crippen molar-refractivity contribution in [3.63, 3.8) is 0 Å². The topological polar surface area (TPSA) is 46.2 Å². The molecule has 0 aliphatic carbocycles. The van der Waals surface area contributed by atoms with Crippen LogP contribution in [0.1, 0.15) is 5.56 Å². The molecule has 0 fully saturated rings. The molecule has 0 aliphatic rings. The SMILES string of the molecule is CO.NCc1ccc(Cl)cc1. The molecule has 0 bridgehead atoms. The zero-order valence-electron chi connectivity index (χ0n) is 6.42. The lowest BCUT2D eigenvalue weighted by molar-refractivity contribution is 0.399. The summed E-state index contributed by atoms with van der Waals surface area (Å²) in [6.07, 6.45) is 0. The molecular formula is C8H12ClNO. The van der Waals surface area contributed by atoms with Gasteiger partial charge in [0.15, 0.2) is 0 Å². The van der Waals surface area contributed by atoms with Gasteiger partial charge in [-0.15, -0.1) is 0 Å². The standard InChI is InChI=1S/C7H8ClN.CH4O/c8-7-3-1-6(5-9)2-4-7;1-2/h1-4H,5,9H2;2H,1H3. The fourth-order valence-corrected chi connectivity index (χ4v) is 0.746. The van der Waals surface area contributed by atoms with Crippen molar-refractivity contribution in [2.45, 2.75) is 6.54 Å². The summed E-state index contributed by atoms with van der Waals surface area (Å²) in [7, 11) is 1.00. The Kier molecular flexibility index (Phi) is 5.84. The molecule has 1 aromatic rings. The van der Waals surface area contributed by atoms with Crippen LogP contribution in [-0.4, -0.2) is 12.2 Å². The lowest BCUT2D eigenvalue weighted by atomic mass is 10.2. The summed E-state index contributed by atoms with van der Waals surface area (Å²) in [5.74, 6) is 0. The quantitative estimate of drug-likeness (QED) is 0.675. The van der Waals surface area contributed by atoms with Crippen LogP contribution in [0.25, 0.3) is 0 Å². The fraction of sp³-hybridized carbons (Fsp3) is 0.250. The molecule has 2 nitrogen and oxygen atoms in total. The van der Waals surface area contributed by atoms with Crippen molar-refractivity contribution in [1.29, 1.82) is 0 Å². The first-order chi connectivity index (χ1) is 5.33. The number of rotatable bonds is 1. The third kappa shape index (κ3) is 3.98. The predicted octanol–water partition coefficient (Wildman–Crippen LogP) is 1.41. The highest BCUT2D eigenvalue weighted by Crippen LogP contribution is 2.08. The second kappa shape index (κ2) is 6.16. The van der Waals surface area contributed by atoms with Crippen LogP contribution in [0.3, 0.4) is 0 Å². The van der Waals surface area contributed by atoms with Gasteiger partial charge in [-0.05, 0) is 17.7 Å². The van der Waals surface area contributed by atoms with Crippen LogP contribution in [-0.2, 0) is 6.54 Å². The highest BCUT2D eigenvalue weighted by molar-refractivity contribution is 6.30. The summed E-state index contributed by atoms with van der Waals surface area (Å²) < 4.78 is 0. The number of nitrogens with two attached hydrogens (primary N) is 1. The molecule has 3 N–H and O–H groups in total. The Bertz CT molecular complexity index is 186. The Morgan fingerprint density at radius 1 is 1.27 bits per heavy atom. The third-order valence-electron chi connectivity index (χ3n) is 1.15.